The summed E-state index contributed by atoms with van der Waals surface area (Å²) in [6.07, 6.45) is 3.30. The van der Waals surface area contributed by atoms with E-state index in [9.17, 15) is 14.4 Å². The zero-order valence-corrected chi connectivity index (χ0v) is 17.1. The van der Waals surface area contributed by atoms with E-state index in [0.29, 0.717) is 5.57 Å². The molecule has 2 aromatic rings. The largest absolute Gasteiger partial charge is 0.478 e. The molecule has 160 valence electrons. The lowest BCUT2D eigenvalue weighted by Crippen LogP contribution is -2.28. The van der Waals surface area contributed by atoms with Crippen LogP contribution in [0.5, 0.6) is 0 Å². The third-order valence-corrected chi connectivity index (χ3v) is 5.00. The van der Waals surface area contributed by atoms with Crippen LogP contribution in [0.4, 0.5) is 4.79 Å². The number of carbonyl (C=O) groups is 3. The minimum absolute atomic E-state index is 0.0138. The molecule has 0 heterocycles. The zero-order valence-electron chi connectivity index (χ0n) is 17.1. The number of alkyl carbamates (subject to hydrolysis) is 1. The third kappa shape index (κ3) is 5.60. The van der Waals surface area contributed by atoms with E-state index in [1.54, 1.807) is 13.0 Å². The Morgan fingerprint density at radius 3 is 2.19 bits per heavy atom. The molecule has 1 aliphatic carbocycles. The van der Waals surface area contributed by atoms with Crippen LogP contribution in [0.2, 0.25) is 0 Å². The number of carboxylic acid groups (broad SMARTS) is 1. The Hall–Kier alpha value is -3.87. The summed E-state index contributed by atoms with van der Waals surface area (Å²) >= 11 is 0. The molecule has 3 rings (SSSR count). The predicted octanol–water partition coefficient (Wildman–Crippen LogP) is 3.23. The Labute approximate surface area is 180 Å². The van der Waals surface area contributed by atoms with Crippen LogP contribution in [0.15, 0.2) is 72.3 Å². The van der Waals surface area contributed by atoms with E-state index in [1.165, 1.54) is 6.08 Å². The Morgan fingerprint density at radius 1 is 0.968 bits per heavy atom. The molecule has 7 nitrogen and oxygen atoms in total. The van der Waals surface area contributed by atoms with Crippen LogP contribution in [0.3, 0.4) is 0 Å². The van der Waals surface area contributed by atoms with Crippen molar-refractivity contribution in [2.45, 2.75) is 12.8 Å². The molecule has 2 aromatic carbocycles. The van der Waals surface area contributed by atoms with E-state index < -0.39 is 12.1 Å². The number of hydrogen-bond acceptors (Lipinski definition) is 4. The molecule has 0 radical (unpaired) electrons. The number of aliphatic carboxylic acids is 1. The SMILES string of the molecule is C/C(=C\CNC(=O)OCC1c2ccccc2-c2ccccc21)C(=O)NC/C=C/C(=O)O. The monoisotopic (exact) mass is 420 g/mol. The van der Waals surface area contributed by atoms with Crippen LogP contribution < -0.4 is 10.6 Å². The molecular weight excluding hydrogens is 396 g/mol. The molecule has 2 amide bonds. The second-order valence-corrected chi connectivity index (χ2v) is 7.04. The quantitative estimate of drug-likeness (QED) is 0.569. The van der Waals surface area contributed by atoms with Gasteiger partial charge in [0.05, 0.1) is 0 Å². The van der Waals surface area contributed by atoms with Gasteiger partial charge in [0.25, 0.3) is 0 Å². The van der Waals surface area contributed by atoms with Crippen molar-refractivity contribution in [3.63, 3.8) is 0 Å². The molecule has 31 heavy (non-hydrogen) atoms. The lowest BCUT2D eigenvalue weighted by molar-refractivity contribution is -0.131. The van der Waals surface area contributed by atoms with E-state index in [1.807, 2.05) is 24.3 Å². The highest BCUT2D eigenvalue weighted by molar-refractivity contribution is 5.93. The maximum Gasteiger partial charge on any atom is 0.407 e. The first-order valence-corrected chi connectivity index (χ1v) is 9.90. The number of hydrogen-bond donors (Lipinski definition) is 3. The van der Waals surface area contributed by atoms with Gasteiger partial charge in [0, 0.05) is 30.7 Å². The van der Waals surface area contributed by atoms with Crippen LogP contribution in [-0.4, -0.2) is 42.8 Å². The average Bonchev–Trinajstić information content (AvgIpc) is 3.08. The Balaban J connectivity index is 1.48. The summed E-state index contributed by atoms with van der Waals surface area (Å²) < 4.78 is 5.44. The van der Waals surface area contributed by atoms with Crippen LogP contribution >= 0.6 is 0 Å². The molecule has 0 saturated heterocycles. The van der Waals surface area contributed by atoms with E-state index in [4.69, 9.17) is 9.84 Å². The van der Waals surface area contributed by atoms with Crippen LogP contribution in [0.25, 0.3) is 11.1 Å². The van der Waals surface area contributed by atoms with E-state index >= 15 is 0 Å². The molecule has 0 bridgehead atoms. The van der Waals surface area contributed by atoms with Gasteiger partial charge in [-0.15, -0.1) is 0 Å². The van der Waals surface area contributed by atoms with Gasteiger partial charge in [-0.3, -0.25) is 4.79 Å². The van der Waals surface area contributed by atoms with Gasteiger partial charge >= 0.3 is 12.1 Å². The summed E-state index contributed by atoms with van der Waals surface area (Å²) in [4.78, 5) is 34.4. The van der Waals surface area contributed by atoms with Crippen LogP contribution in [0.1, 0.15) is 24.0 Å². The minimum Gasteiger partial charge on any atom is -0.478 e. The fraction of sp³-hybridized carbons (Fsp3) is 0.208. The van der Waals surface area contributed by atoms with Gasteiger partial charge in [-0.25, -0.2) is 9.59 Å². The van der Waals surface area contributed by atoms with Crippen molar-refractivity contribution in [1.29, 1.82) is 0 Å². The highest BCUT2D eigenvalue weighted by atomic mass is 16.5. The van der Waals surface area contributed by atoms with Crippen molar-refractivity contribution >= 4 is 18.0 Å². The predicted molar refractivity (Wildman–Crippen MR) is 117 cm³/mol. The summed E-state index contributed by atoms with van der Waals surface area (Å²) in [5, 5.41) is 13.7. The number of nitrogens with one attached hydrogen (secondary N) is 2. The first-order chi connectivity index (χ1) is 15.0. The molecule has 0 unspecified atom stereocenters. The molecule has 0 atom stereocenters. The number of benzene rings is 2. The van der Waals surface area contributed by atoms with Gasteiger partial charge in [-0.05, 0) is 29.2 Å². The molecule has 0 aromatic heterocycles. The van der Waals surface area contributed by atoms with Crippen LogP contribution in [-0.2, 0) is 14.3 Å². The molecule has 0 aliphatic heterocycles. The number of amides is 2. The van der Waals surface area contributed by atoms with Crippen molar-refractivity contribution < 1.29 is 24.2 Å². The maximum absolute atomic E-state index is 12.1. The summed E-state index contributed by atoms with van der Waals surface area (Å²) in [6, 6.07) is 16.2. The van der Waals surface area contributed by atoms with Gasteiger partial charge in [0.2, 0.25) is 5.91 Å². The minimum atomic E-state index is -1.08. The highest BCUT2D eigenvalue weighted by Gasteiger charge is 2.28. The Kier molecular flexibility index (Phi) is 7.22. The second kappa shape index (κ2) is 10.2. The van der Waals surface area contributed by atoms with Crippen molar-refractivity contribution in [3.8, 4) is 11.1 Å². The van der Waals surface area contributed by atoms with E-state index in [2.05, 4.69) is 34.9 Å². The Morgan fingerprint density at radius 2 is 1.58 bits per heavy atom. The molecule has 0 spiro atoms. The maximum atomic E-state index is 12.1. The van der Waals surface area contributed by atoms with Crippen molar-refractivity contribution in [3.05, 3.63) is 83.5 Å². The van der Waals surface area contributed by atoms with Crippen molar-refractivity contribution in [2.75, 3.05) is 19.7 Å². The lowest BCUT2D eigenvalue weighted by atomic mass is 9.98. The topological polar surface area (TPSA) is 105 Å². The Bertz CT molecular complexity index is 996. The second-order valence-electron chi connectivity index (χ2n) is 7.04. The fourth-order valence-electron chi connectivity index (χ4n) is 3.48. The first kappa shape index (κ1) is 21.8. The molecule has 3 N–H and O–H groups in total. The van der Waals surface area contributed by atoms with Gasteiger partial charge in [0.15, 0.2) is 0 Å². The van der Waals surface area contributed by atoms with Gasteiger partial charge in [0.1, 0.15) is 6.61 Å². The number of ether oxygens (including phenoxy) is 1. The van der Waals surface area contributed by atoms with Gasteiger partial charge in [-0.2, -0.15) is 0 Å². The van der Waals surface area contributed by atoms with Gasteiger partial charge in [-0.1, -0.05) is 60.7 Å². The summed E-state index contributed by atoms with van der Waals surface area (Å²) in [6.45, 7) is 2.08. The number of carboxylic acids is 1. The average molecular weight is 420 g/mol. The molecule has 0 fully saturated rings. The zero-order chi connectivity index (χ0) is 22.2. The number of rotatable bonds is 8. The highest BCUT2D eigenvalue weighted by Crippen LogP contribution is 2.44. The number of fused-ring (bicyclic) bond motifs is 3. The van der Waals surface area contributed by atoms with Crippen molar-refractivity contribution in [1.82, 2.24) is 10.6 Å². The number of carbonyl (C=O) groups excluding carboxylic acids is 2. The summed E-state index contributed by atoms with van der Waals surface area (Å²) in [5.41, 5.74) is 5.01. The fourth-order valence-corrected chi connectivity index (χ4v) is 3.48. The summed E-state index contributed by atoms with van der Waals surface area (Å²) in [5.74, 6) is -1.43. The summed E-state index contributed by atoms with van der Waals surface area (Å²) in [7, 11) is 0. The van der Waals surface area contributed by atoms with E-state index in [-0.39, 0.29) is 31.5 Å². The normalized spacial score (nSPS) is 12.9. The third-order valence-electron chi connectivity index (χ3n) is 5.00. The molecule has 1 aliphatic rings. The molecule has 0 saturated carbocycles. The van der Waals surface area contributed by atoms with Gasteiger partial charge < -0.3 is 20.5 Å². The van der Waals surface area contributed by atoms with Crippen LogP contribution in [0, 0.1) is 0 Å². The van der Waals surface area contributed by atoms with Crippen molar-refractivity contribution in [2.24, 2.45) is 0 Å². The van der Waals surface area contributed by atoms with E-state index in [0.717, 1.165) is 28.3 Å². The lowest BCUT2D eigenvalue weighted by Gasteiger charge is -2.14. The molecular formula is C24H24N2O5. The molecule has 7 heteroatoms. The first-order valence-electron chi connectivity index (χ1n) is 9.90. The smallest absolute Gasteiger partial charge is 0.407 e. The standard InChI is InChI=1S/C24H24N2O5/c1-16(23(29)25-13-6-11-22(27)28)12-14-26-24(30)31-15-21-19-9-4-2-7-17(19)18-8-3-5-10-20(18)21/h2-12,21H,13-15H2,1H3,(H,25,29)(H,26,30)(H,27,28)/b11-6+,16-12+.